The van der Waals surface area contributed by atoms with Gasteiger partial charge in [-0.3, -0.25) is 9.59 Å². The van der Waals surface area contributed by atoms with Gasteiger partial charge in [-0.2, -0.15) is 0 Å². The number of halogens is 1. The third kappa shape index (κ3) is 4.55. The third-order valence-electron chi connectivity index (χ3n) is 2.67. The highest BCUT2D eigenvalue weighted by atomic mass is 35.5. The molecule has 2 N–H and O–H groups in total. The van der Waals surface area contributed by atoms with Crippen molar-refractivity contribution in [2.75, 3.05) is 13.6 Å². The number of hydrogen-bond acceptors (Lipinski definition) is 3. The summed E-state index contributed by atoms with van der Waals surface area (Å²) in [4.78, 5) is 35.1. The van der Waals surface area contributed by atoms with E-state index in [1.54, 1.807) is 12.1 Å². The predicted molar refractivity (Wildman–Crippen MR) is 73.3 cm³/mol. The van der Waals surface area contributed by atoms with E-state index in [-0.39, 0.29) is 12.5 Å². The average Bonchev–Trinajstić information content (AvgIpc) is 2.36. The summed E-state index contributed by atoms with van der Waals surface area (Å²) in [5.41, 5.74) is 0.403. The number of hydrogen-bond donors (Lipinski definition) is 2. The fourth-order valence-corrected chi connectivity index (χ4v) is 1.60. The number of nitrogens with zero attached hydrogens (tertiary/aromatic N) is 1. The molecule has 1 aromatic rings. The van der Waals surface area contributed by atoms with Crippen molar-refractivity contribution in [3.8, 4) is 0 Å². The van der Waals surface area contributed by atoms with E-state index in [9.17, 15) is 14.4 Å². The van der Waals surface area contributed by atoms with E-state index in [4.69, 9.17) is 16.7 Å². The SMILES string of the molecule is CC(=O)N(C)CC(=O)NC(C(=O)O)c1ccc(Cl)cc1. The molecule has 1 aromatic carbocycles. The molecule has 1 unspecified atom stereocenters. The Morgan fingerprint density at radius 1 is 1.30 bits per heavy atom. The molecule has 0 saturated carbocycles. The van der Waals surface area contributed by atoms with Crippen LogP contribution < -0.4 is 5.32 Å². The van der Waals surface area contributed by atoms with Crippen molar-refractivity contribution in [2.24, 2.45) is 0 Å². The maximum atomic E-state index is 11.7. The molecule has 0 spiro atoms. The van der Waals surface area contributed by atoms with Gasteiger partial charge in [-0.1, -0.05) is 23.7 Å². The molecule has 7 heteroatoms. The van der Waals surface area contributed by atoms with E-state index in [1.807, 2.05) is 0 Å². The Morgan fingerprint density at radius 2 is 1.85 bits per heavy atom. The number of benzene rings is 1. The standard InChI is InChI=1S/C13H15ClN2O4/c1-8(17)16(2)7-11(18)15-12(13(19)20)9-3-5-10(14)6-4-9/h3-6,12H,7H2,1-2H3,(H,15,18)(H,19,20). The molecule has 0 radical (unpaired) electrons. The normalized spacial score (nSPS) is 11.6. The van der Waals surface area contributed by atoms with Crippen LogP contribution in [-0.4, -0.2) is 41.4 Å². The van der Waals surface area contributed by atoms with Crippen LogP contribution in [-0.2, 0) is 14.4 Å². The second kappa shape index (κ2) is 6.91. The smallest absolute Gasteiger partial charge is 0.330 e. The Bertz CT molecular complexity index is 516. The molecule has 0 aliphatic carbocycles. The number of aliphatic carboxylic acids is 1. The van der Waals surface area contributed by atoms with Crippen LogP contribution in [0.3, 0.4) is 0 Å². The largest absolute Gasteiger partial charge is 0.479 e. The first-order valence-corrected chi connectivity index (χ1v) is 6.18. The fraction of sp³-hybridized carbons (Fsp3) is 0.308. The van der Waals surface area contributed by atoms with E-state index in [1.165, 1.54) is 31.0 Å². The monoisotopic (exact) mass is 298 g/mol. The fourth-order valence-electron chi connectivity index (χ4n) is 1.48. The minimum Gasteiger partial charge on any atom is -0.479 e. The topological polar surface area (TPSA) is 86.7 Å². The van der Waals surface area contributed by atoms with Gasteiger partial charge in [0.15, 0.2) is 6.04 Å². The lowest BCUT2D eigenvalue weighted by atomic mass is 10.1. The van der Waals surface area contributed by atoms with Crippen molar-refractivity contribution in [1.29, 1.82) is 0 Å². The number of amides is 2. The van der Waals surface area contributed by atoms with Crippen molar-refractivity contribution in [3.63, 3.8) is 0 Å². The summed E-state index contributed by atoms with van der Waals surface area (Å²) in [6, 6.07) is 4.95. The quantitative estimate of drug-likeness (QED) is 0.851. The minimum absolute atomic E-state index is 0.202. The summed E-state index contributed by atoms with van der Waals surface area (Å²) in [7, 11) is 1.46. The number of likely N-dealkylation sites (N-methyl/N-ethyl adjacent to an activating group) is 1. The summed E-state index contributed by atoms with van der Waals surface area (Å²) in [6.45, 7) is 1.12. The van der Waals surface area contributed by atoms with Gasteiger partial charge in [0.2, 0.25) is 11.8 Å². The number of carboxylic acid groups (broad SMARTS) is 1. The molecule has 0 aliphatic heterocycles. The van der Waals surface area contributed by atoms with Crippen LogP contribution in [0.4, 0.5) is 0 Å². The maximum absolute atomic E-state index is 11.7. The highest BCUT2D eigenvalue weighted by Gasteiger charge is 2.22. The van der Waals surface area contributed by atoms with Gasteiger partial charge in [0.25, 0.3) is 0 Å². The molecule has 1 atom stereocenters. The minimum atomic E-state index is -1.19. The van der Waals surface area contributed by atoms with Crippen molar-refractivity contribution < 1.29 is 19.5 Å². The Morgan fingerprint density at radius 3 is 2.30 bits per heavy atom. The maximum Gasteiger partial charge on any atom is 0.330 e. The van der Waals surface area contributed by atoms with Crippen LogP contribution in [0.1, 0.15) is 18.5 Å². The molecule has 0 saturated heterocycles. The molecule has 0 fully saturated rings. The molecule has 0 aromatic heterocycles. The zero-order valence-electron chi connectivity index (χ0n) is 11.1. The van der Waals surface area contributed by atoms with Crippen LogP contribution in [0.5, 0.6) is 0 Å². The first-order chi connectivity index (χ1) is 9.31. The Balaban J connectivity index is 2.78. The summed E-state index contributed by atoms with van der Waals surface area (Å²) in [5, 5.41) is 12.0. The van der Waals surface area contributed by atoms with Gasteiger partial charge >= 0.3 is 5.97 Å². The highest BCUT2D eigenvalue weighted by molar-refractivity contribution is 6.30. The summed E-state index contributed by atoms with van der Waals surface area (Å²) < 4.78 is 0. The summed E-state index contributed by atoms with van der Waals surface area (Å²) in [5.74, 6) is -2.02. The van der Waals surface area contributed by atoms with Crippen LogP contribution >= 0.6 is 11.6 Å². The molecular weight excluding hydrogens is 284 g/mol. The first kappa shape index (κ1) is 16.0. The summed E-state index contributed by atoms with van der Waals surface area (Å²) >= 11 is 5.73. The van der Waals surface area contributed by atoms with Crippen molar-refractivity contribution >= 4 is 29.4 Å². The van der Waals surface area contributed by atoms with Crippen molar-refractivity contribution in [1.82, 2.24) is 10.2 Å². The van der Waals surface area contributed by atoms with E-state index in [0.29, 0.717) is 10.6 Å². The number of rotatable bonds is 5. The molecule has 20 heavy (non-hydrogen) atoms. The lowest BCUT2D eigenvalue weighted by molar-refractivity contribution is -0.142. The van der Waals surface area contributed by atoms with Crippen LogP contribution in [0.25, 0.3) is 0 Å². The second-order valence-corrected chi connectivity index (χ2v) is 4.70. The first-order valence-electron chi connectivity index (χ1n) is 5.80. The van der Waals surface area contributed by atoms with Crippen LogP contribution in [0.2, 0.25) is 5.02 Å². The lowest BCUT2D eigenvalue weighted by Crippen LogP contribution is -2.41. The molecule has 0 heterocycles. The molecule has 108 valence electrons. The highest BCUT2D eigenvalue weighted by Crippen LogP contribution is 2.16. The van der Waals surface area contributed by atoms with Gasteiger partial charge in [-0.15, -0.1) is 0 Å². The second-order valence-electron chi connectivity index (χ2n) is 4.27. The predicted octanol–water partition coefficient (Wildman–Crippen LogP) is 1.06. The van der Waals surface area contributed by atoms with E-state index in [2.05, 4.69) is 5.32 Å². The molecule has 6 nitrogen and oxygen atoms in total. The molecule has 1 rings (SSSR count). The molecule has 0 aliphatic rings. The van der Waals surface area contributed by atoms with Crippen LogP contribution in [0, 0.1) is 0 Å². The molecular formula is C13H15ClN2O4. The van der Waals surface area contributed by atoms with Gasteiger partial charge in [0.1, 0.15) is 0 Å². The van der Waals surface area contributed by atoms with E-state index >= 15 is 0 Å². The van der Waals surface area contributed by atoms with E-state index in [0.717, 1.165) is 0 Å². The van der Waals surface area contributed by atoms with Gasteiger partial charge in [-0.05, 0) is 17.7 Å². The van der Waals surface area contributed by atoms with Gasteiger partial charge in [0.05, 0.1) is 6.54 Å². The Kier molecular flexibility index (Phi) is 5.52. The summed E-state index contributed by atoms with van der Waals surface area (Å²) in [6.07, 6.45) is 0. The number of carbonyl (C=O) groups excluding carboxylic acids is 2. The number of carbonyl (C=O) groups is 3. The van der Waals surface area contributed by atoms with Crippen LogP contribution in [0.15, 0.2) is 24.3 Å². The lowest BCUT2D eigenvalue weighted by Gasteiger charge is -2.18. The number of nitrogens with one attached hydrogen (secondary N) is 1. The average molecular weight is 299 g/mol. The zero-order chi connectivity index (χ0) is 15.3. The van der Waals surface area contributed by atoms with Gasteiger partial charge in [0, 0.05) is 19.0 Å². The Hall–Kier alpha value is -2.08. The zero-order valence-corrected chi connectivity index (χ0v) is 11.8. The number of carboxylic acids is 1. The van der Waals surface area contributed by atoms with Crippen molar-refractivity contribution in [3.05, 3.63) is 34.9 Å². The van der Waals surface area contributed by atoms with E-state index < -0.39 is 17.9 Å². The Labute approximate surface area is 121 Å². The molecule has 2 amide bonds. The third-order valence-corrected chi connectivity index (χ3v) is 2.93. The van der Waals surface area contributed by atoms with Gasteiger partial charge < -0.3 is 15.3 Å². The van der Waals surface area contributed by atoms with Gasteiger partial charge in [-0.25, -0.2) is 4.79 Å². The van der Waals surface area contributed by atoms with Crippen molar-refractivity contribution in [2.45, 2.75) is 13.0 Å². The molecule has 0 bridgehead atoms.